The Kier molecular flexibility index (Phi) is 4.87. The number of para-hydroxylation sites is 1. The van der Waals surface area contributed by atoms with Gasteiger partial charge in [0.2, 0.25) is 11.8 Å². The monoisotopic (exact) mass is 453 g/mol. The first-order valence-corrected chi connectivity index (χ1v) is 10.4. The quantitative estimate of drug-likeness (QED) is 0.367. The standard InChI is InChI=1S/C24H19N7O3/c1-14-12-19(29(2)27-14)22-21-20(15-8-10-17(11-9-15)31(32)33)18(13-25)23(26)34-24(21)30(28-22)16-6-4-3-5-7-16/h3-12,20H,26H2,1-2H3. The molecule has 0 spiro atoms. The van der Waals surface area contributed by atoms with E-state index in [-0.39, 0.29) is 17.1 Å². The van der Waals surface area contributed by atoms with Gasteiger partial charge in [-0.05, 0) is 30.7 Å². The van der Waals surface area contributed by atoms with Gasteiger partial charge in [0.25, 0.3) is 5.69 Å². The van der Waals surface area contributed by atoms with Gasteiger partial charge in [0, 0.05) is 19.2 Å². The molecule has 2 aromatic carbocycles. The van der Waals surface area contributed by atoms with Gasteiger partial charge in [0.05, 0.1) is 33.5 Å². The predicted octanol–water partition coefficient (Wildman–Crippen LogP) is 3.71. The Morgan fingerprint density at radius 1 is 1.15 bits per heavy atom. The normalized spacial score (nSPS) is 14.9. The Morgan fingerprint density at radius 3 is 2.44 bits per heavy atom. The van der Waals surface area contributed by atoms with Crippen LogP contribution in [0.1, 0.15) is 22.7 Å². The lowest BCUT2D eigenvalue weighted by Gasteiger charge is -2.25. The Bertz CT molecular complexity index is 1490. The van der Waals surface area contributed by atoms with Crippen molar-refractivity contribution < 1.29 is 9.66 Å². The molecule has 34 heavy (non-hydrogen) atoms. The number of allylic oxidation sites excluding steroid dienone is 1. The van der Waals surface area contributed by atoms with Crippen molar-refractivity contribution in [3.63, 3.8) is 0 Å². The molecule has 5 rings (SSSR count). The summed E-state index contributed by atoms with van der Waals surface area (Å²) in [6.45, 7) is 1.88. The number of nitro groups is 1. The maximum Gasteiger partial charge on any atom is 0.269 e. The first-order chi connectivity index (χ1) is 16.4. The number of nitrogens with zero attached hydrogens (tertiary/aromatic N) is 6. The molecule has 2 N–H and O–H groups in total. The first kappa shape index (κ1) is 21.0. The van der Waals surface area contributed by atoms with Crippen LogP contribution in [0.15, 0.2) is 72.1 Å². The van der Waals surface area contributed by atoms with E-state index < -0.39 is 10.8 Å². The Hall–Kier alpha value is -4.91. The van der Waals surface area contributed by atoms with Gasteiger partial charge in [-0.1, -0.05) is 30.3 Å². The summed E-state index contributed by atoms with van der Waals surface area (Å²) in [6.07, 6.45) is 0. The number of fused-ring (bicyclic) bond motifs is 1. The van der Waals surface area contributed by atoms with Gasteiger partial charge >= 0.3 is 0 Å². The van der Waals surface area contributed by atoms with Crippen molar-refractivity contribution in [3.8, 4) is 29.0 Å². The number of nitrogens with two attached hydrogens (primary N) is 1. The molecular weight excluding hydrogens is 434 g/mol. The summed E-state index contributed by atoms with van der Waals surface area (Å²) in [5.74, 6) is -0.305. The molecule has 4 aromatic rings. The molecule has 0 radical (unpaired) electrons. The molecule has 3 heterocycles. The van der Waals surface area contributed by atoms with Crippen LogP contribution in [0.5, 0.6) is 5.88 Å². The molecular formula is C24H19N7O3. The maximum atomic E-state index is 11.2. The number of benzene rings is 2. The fourth-order valence-electron chi connectivity index (χ4n) is 4.23. The number of hydrogen-bond donors (Lipinski definition) is 1. The van der Waals surface area contributed by atoms with Crippen LogP contribution in [0.25, 0.3) is 17.1 Å². The number of rotatable bonds is 4. The number of aromatic nitrogens is 4. The molecule has 168 valence electrons. The minimum Gasteiger partial charge on any atom is -0.422 e. The fourth-order valence-corrected chi connectivity index (χ4v) is 4.23. The van der Waals surface area contributed by atoms with Gasteiger partial charge < -0.3 is 10.5 Å². The molecule has 2 aromatic heterocycles. The van der Waals surface area contributed by atoms with Gasteiger partial charge in [-0.2, -0.15) is 20.1 Å². The van der Waals surface area contributed by atoms with E-state index in [1.807, 2.05) is 50.4 Å². The van der Waals surface area contributed by atoms with Crippen molar-refractivity contribution in [1.29, 1.82) is 5.26 Å². The van der Waals surface area contributed by atoms with Crippen molar-refractivity contribution in [2.24, 2.45) is 12.8 Å². The van der Waals surface area contributed by atoms with Gasteiger partial charge in [-0.3, -0.25) is 14.8 Å². The number of aryl methyl sites for hydroxylation is 2. The van der Waals surface area contributed by atoms with Gasteiger partial charge in [0.15, 0.2) is 0 Å². The third kappa shape index (κ3) is 3.27. The van der Waals surface area contributed by atoms with E-state index in [0.29, 0.717) is 22.7 Å². The number of nitro benzene ring substituents is 1. The zero-order valence-electron chi connectivity index (χ0n) is 18.3. The van der Waals surface area contributed by atoms with E-state index in [2.05, 4.69) is 11.2 Å². The van der Waals surface area contributed by atoms with Crippen LogP contribution >= 0.6 is 0 Å². The second-order valence-corrected chi connectivity index (χ2v) is 7.88. The molecule has 10 nitrogen and oxygen atoms in total. The molecule has 1 aliphatic rings. The highest BCUT2D eigenvalue weighted by molar-refractivity contribution is 5.70. The van der Waals surface area contributed by atoms with Crippen molar-refractivity contribution in [3.05, 3.63) is 99.1 Å². The summed E-state index contributed by atoms with van der Waals surface area (Å²) in [5, 5.41) is 30.5. The van der Waals surface area contributed by atoms with E-state index >= 15 is 0 Å². The molecule has 0 saturated carbocycles. The van der Waals surface area contributed by atoms with Crippen LogP contribution in [0.4, 0.5) is 5.69 Å². The SMILES string of the molecule is Cc1cc(-c2nn(-c3ccccc3)c3c2C(c2ccc([N+](=O)[O-])cc2)C(C#N)=C(N)O3)n(C)n1. The molecule has 1 atom stereocenters. The van der Waals surface area contributed by atoms with Crippen LogP contribution in [0.2, 0.25) is 0 Å². The summed E-state index contributed by atoms with van der Waals surface area (Å²) in [5.41, 5.74) is 10.5. The van der Waals surface area contributed by atoms with Gasteiger partial charge in [0.1, 0.15) is 17.3 Å². The number of hydrogen-bond acceptors (Lipinski definition) is 7. The van der Waals surface area contributed by atoms with Crippen molar-refractivity contribution in [2.45, 2.75) is 12.8 Å². The highest BCUT2D eigenvalue weighted by Crippen LogP contribution is 2.47. The average molecular weight is 453 g/mol. The first-order valence-electron chi connectivity index (χ1n) is 10.4. The average Bonchev–Trinajstić information content (AvgIpc) is 3.37. The van der Waals surface area contributed by atoms with E-state index in [4.69, 9.17) is 15.6 Å². The molecule has 1 unspecified atom stereocenters. The maximum absolute atomic E-state index is 11.2. The molecule has 0 bridgehead atoms. The topological polar surface area (TPSA) is 138 Å². The minimum atomic E-state index is -0.641. The Labute approximate surface area is 194 Å². The van der Waals surface area contributed by atoms with Crippen LogP contribution in [0.3, 0.4) is 0 Å². The molecule has 1 aliphatic heterocycles. The molecule has 10 heteroatoms. The highest BCUT2D eigenvalue weighted by atomic mass is 16.6. The second kappa shape index (κ2) is 7.90. The zero-order chi connectivity index (χ0) is 24.0. The molecule has 0 saturated heterocycles. The van der Waals surface area contributed by atoms with Crippen LogP contribution in [-0.2, 0) is 7.05 Å². The lowest BCUT2D eigenvalue weighted by Crippen LogP contribution is -2.22. The summed E-state index contributed by atoms with van der Waals surface area (Å²) in [6, 6.07) is 19.6. The zero-order valence-corrected chi connectivity index (χ0v) is 18.3. The van der Waals surface area contributed by atoms with Crippen LogP contribution in [0, 0.1) is 28.4 Å². The smallest absolute Gasteiger partial charge is 0.269 e. The predicted molar refractivity (Wildman–Crippen MR) is 123 cm³/mol. The van der Waals surface area contributed by atoms with Gasteiger partial charge in [-0.15, -0.1) is 0 Å². The van der Waals surface area contributed by atoms with Crippen LogP contribution in [-0.4, -0.2) is 24.5 Å². The number of nitriles is 1. The molecule has 0 aliphatic carbocycles. The third-order valence-electron chi connectivity index (χ3n) is 5.73. The number of non-ortho nitro benzene ring substituents is 1. The largest absolute Gasteiger partial charge is 0.422 e. The Balaban J connectivity index is 1.82. The fraction of sp³-hybridized carbons (Fsp3) is 0.125. The summed E-state index contributed by atoms with van der Waals surface area (Å²) >= 11 is 0. The lowest BCUT2D eigenvalue weighted by molar-refractivity contribution is -0.384. The third-order valence-corrected chi connectivity index (χ3v) is 5.73. The summed E-state index contributed by atoms with van der Waals surface area (Å²) in [7, 11) is 1.82. The van der Waals surface area contributed by atoms with E-state index in [1.165, 1.54) is 12.1 Å². The van der Waals surface area contributed by atoms with Crippen molar-refractivity contribution >= 4 is 5.69 Å². The second-order valence-electron chi connectivity index (χ2n) is 7.88. The summed E-state index contributed by atoms with van der Waals surface area (Å²) < 4.78 is 9.34. The van der Waals surface area contributed by atoms with E-state index in [1.54, 1.807) is 21.5 Å². The Morgan fingerprint density at radius 2 is 1.85 bits per heavy atom. The van der Waals surface area contributed by atoms with E-state index in [0.717, 1.165) is 17.1 Å². The number of ether oxygens (including phenoxy) is 1. The minimum absolute atomic E-state index is 0.0387. The van der Waals surface area contributed by atoms with E-state index in [9.17, 15) is 15.4 Å². The lowest BCUT2D eigenvalue weighted by atomic mass is 9.83. The van der Waals surface area contributed by atoms with Gasteiger partial charge in [-0.25, -0.2) is 0 Å². The highest BCUT2D eigenvalue weighted by Gasteiger charge is 2.38. The van der Waals surface area contributed by atoms with Crippen molar-refractivity contribution in [1.82, 2.24) is 19.6 Å². The molecule has 0 amide bonds. The van der Waals surface area contributed by atoms with Crippen molar-refractivity contribution in [2.75, 3.05) is 0 Å². The molecule has 0 fully saturated rings. The summed E-state index contributed by atoms with van der Waals surface area (Å²) in [4.78, 5) is 10.7. The van der Waals surface area contributed by atoms with Crippen LogP contribution < -0.4 is 10.5 Å².